The molecule has 0 saturated carbocycles. The monoisotopic (exact) mass is 625 g/mol. The number of nitrogens with zero attached hydrogens (tertiary/aromatic N) is 1. The van der Waals surface area contributed by atoms with E-state index in [0.29, 0.717) is 17.5 Å². The summed E-state index contributed by atoms with van der Waals surface area (Å²) in [6, 6.07) is 9.90. The number of amides is 3. The molecule has 10 nitrogen and oxygen atoms in total. The fraction of sp³-hybridized carbons (Fsp3) is 0.543. The predicted octanol–water partition coefficient (Wildman–Crippen LogP) is 5.66. The van der Waals surface area contributed by atoms with Gasteiger partial charge in [0.2, 0.25) is 11.8 Å². The van der Waals surface area contributed by atoms with Gasteiger partial charge in [-0.1, -0.05) is 74.9 Å². The summed E-state index contributed by atoms with van der Waals surface area (Å²) in [7, 11) is 1.24. The molecule has 3 N–H and O–H groups in total. The Hall–Kier alpha value is -4.08. The van der Waals surface area contributed by atoms with E-state index in [1.54, 1.807) is 32.9 Å². The molecule has 0 fully saturated rings. The molecule has 0 radical (unpaired) electrons. The summed E-state index contributed by atoms with van der Waals surface area (Å²) in [5, 5.41) is 15.2. The Morgan fingerprint density at radius 1 is 0.933 bits per heavy atom. The zero-order valence-electron chi connectivity index (χ0n) is 27.9. The Morgan fingerprint density at radius 2 is 1.58 bits per heavy atom. The highest BCUT2D eigenvalue weighted by Crippen LogP contribution is 2.28. The van der Waals surface area contributed by atoms with Crippen molar-refractivity contribution in [1.82, 2.24) is 15.5 Å². The molecule has 0 heterocycles. The van der Waals surface area contributed by atoms with E-state index in [-0.39, 0.29) is 25.3 Å². The van der Waals surface area contributed by atoms with E-state index in [0.717, 1.165) is 43.2 Å². The molecule has 2 rings (SSSR count). The number of benzene rings is 2. The number of ether oxygens (including phenoxy) is 2. The van der Waals surface area contributed by atoms with Crippen LogP contribution in [-0.4, -0.2) is 65.7 Å². The van der Waals surface area contributed by atoms with E-state index in [4.69, 9.17) is 9.47 Å². The van der Waals surface area contributed by atoms with Gasteiger partial charge >= 0.3 is 12.1 Å². The van der Waals surface area contributed by atoms with Gasteiger partial charge in [-0.15, -0.1) is 0 Å². The van der Waals surface area contributed by atoms with E-state index in [1.165, 1.54) is 24.1 Å². The van der Waals surface area contributed by atoms with Crippen LogP contribution in [0, 0.1) is 13.8 Å². The number of aryl methyl sites for hydroxylation is 2. The van der Waals surface area contributed by atoms with Crippen molar-refractivity contribution in [3.8, 4) is 5.75 Å². The van der Waals surface area contributed by atoms with Gasteiger partial charge in [-0.25, -0.2) is 4.79 Å². The first-order valence-corrected chi connectivity index (χ1v) is 15.7. The molecule has 0 aromatic heterocycles. The predicted molar refractivity (Wildman–Crippen MR) is 174 cm³/mol. The van der Waals surface area contributed by atoms with Crippen LogP contribution in [0.4, 0.5) is 4.79 Å². The minimum absolute atomic E-state index is 0.0729. The van der Waals surface area contributed by atoms with Crippen LogP contribution in [0.1, 0.15) is 94.5 Å². The molecular weight excluding hydrogens is 574 g/mol. The number of alkyl carbamates (subject to hydrolysis) is 1. The second kappa shape index (κ2) is 18.0. The van der Waals surface area contributed by atoms with Crippen molar-refractivity contribution >= 4 is 23.9 Å². The van der Waals surface area contributed by atoms with E-state index in [9.17, 15) is 24.3 Å². The summed E-state index contributed by atoms with van der Waals surface area (Å²) in [4.78, 5) is 55.0. The molecule has 10 heteroatoms. The van der Waals surface area contributed by atoms with Gasteiger partial charge in [-0.05, 0) is 69.9 Å². The van der Waals surface area contributed by atoms with Crippen molar-refractivity contribution in [2.75, 3.05) is 20.2 Å². The van der Waals surface area contributed by atoms with Gasteiger partial charge in [0.1, 0.15) is 30.0 Å². The van der Waals surface area contributed by atoms with Gasteiger partial charge in [-0.3, -0.25) is 14.4 Å². The van der Waals surface area contributed by atoms with Crippen LogP contribution in [0.25, 0.3) is 0 Å². The molecule has 2 aromatic rings. The average molecular weight is 626 g/mol. The van der Waals surface area contributed by atoms with Crippen molar-refractivity contribution in [3.05, 3.63) is 64.7 Å². The number of carbonyl (C=O) groups excluding carboxylic acids is 4. The molecule has 0 aliphatic carbocycles. The molecule has 0 saturated heterocycles. The fourth-order valence-corrected chi connectivity index (χ4v) is 4.98. The van der Waals surface area contributed by atoms with E-state index in [1.807, 2.05) is 32.0 Å². The van der Waals surface area contributed by atoms with Crippen LogP contribution in [0.3, 0.4) is 0 Å². The topological polar surface area (TPSA) is 134 Å². The Kier molecular flexibility index (Phi) is 14.9. The first-order valence-electron chi connectivity index (χ1n) is 15.7. The van der Waals surface area contributed by atoms with Gasteiger partial charge in [0.05, 0.1) is 7.11 Å². The third-order valence-corrected chi connectivity index (χ3v) is 7.32. The maximum absolute atomic E-state index is 14.6. The van der Waals surface area contributed by atoms with Crippen LogP contribution in [-0.2, 0) is 30.3 Å². The Bertz CT molecular complexity index is 1270. The number of methoxy groups -OCH3 is 1. The van der Waals surface area contributed by atoms with Crippen molar-refractivity contribution < 1.29 is 33.8 Å². The molecule has 2 unspecified atom stereocenters. The molecule has 0 aliphatic heterocycles. The molecule has 3 amide bonds. The number of esters is 1. The van der Waals surface area contributed by atoms with E-state index in [2.05, 4.69) is 17.6 Å². The summed E-state index contributed by atoms with van der Waals surface area (Å²) in [5.74, 6) is -1.55. The van der Waals surface area contributed by atoms with Gasteiger partial charge < -0.3 is 30.1 Å². The molecular formula is C35H51N3O7. The highest BCUT2D eigenvalue weighted by Gasteiger charge is 2.37. The van der Waals surface area contributed by atoms with Crippen molar-refractivity contribution in [3.63, 3.8) is 0 Å². The lowest BCUT2D eigenvalue weighted by Gasteiger charge is -2.35. The minimum atomic E-state index is -1.09. The van der Waals surface area contributed by atoms with Gasteiger partial charge in [0, 0.05) is 13.0 Å². The highest BCUT2D eigenvalue weighted by atomic mass is 16.6. The summed E-state index contributed by atoms with van der Waals surface area (Å²) < 4.78 is 10.2. The molecule has 45 heavy (non-hydrogen) atoms. The van der Waals surface area contributed by atoms with Gasteiger partial charge in [0.25, 0.3) is 0 Å². The quantitative estimate of drug-likeness (QED) is 0.162. The summed E-state index contributed by atoms with van der Waals surface area (Å²) in [6.07, 6.45) is 5.12. The summed E-state index contributed by atoms with van der Waals surface area (Å²) in [5.41, 5.74) is 2.22. The lowest BCUT2D eigenvalue weighted by molar-refractivity contribution is -0.144. The largest absolute Gasteiger partial charge is 0.508 e. The van der Waals surface area contributed by atoms with Crippen molar-refractivity contribution in [1.29, 1.82) is 0 Å². The number of hydrogen-bond acceptors (Lipinski definition) is 7. The number of rotatable bonds is 16. The number of carbonyl (C=O) groups is 4. The maximum Gasteiger partial charge on any atom is 0.408 e. The van der Waals surface area contributed by atoms with Crippen molar-refractivity contribution in [2.45, 2.75) is 104 Å². The second-order valence-corrected chi connectivity index (χ2v) is 12.4. The number of phenols is 1. The molecule has 248 valence electrons. The Labute approximate surface area is 267 Å². The first-order chi connectivity index (χ1) is 21.2. The second-order valence-electron chi connectivity index (χ2n) is 12.4. The highest BCUT2D eigenvalue weighted by molar-refractivity contribution is 5.93. The smallest absolute Gasteiger partial charge is 0.408 e. The average Bonchev–Trinajstić information content (AvgIpc) is 2.97. The van der Waals surface area contributed by atoms with E-state index < -0.39 is 41.6 Å². The lowest BCUT2D eigenvalue weighted by atomic mass is 9.95. The maximum atomic E-state index is 14.6. The van der Waals surface area contributed by atoms with E-state index >= 15 is 0 Å². The lowest BCUT2D eigenvalue weighted by Crippen LogP contribution is -2.54. The number of hydrogen-bond donors (Lipinski definition) is 3. The third-order valence-electron chi connectivity index (χ3n) is 7.32. The van der Waals surface area contributed by atoms with Crippen LogP contribution in [0.15, 0.2) is 42.5 Å². The molecule has 0 spiro atoms. The number of unbranched alkanes of at least 4 members (excludes halogenated alkanes) is 5. The summed E-state index contributed by atoms with van der Waals surface area (Å²) >= 11 is 0. The number of nitrogens with one attached hydrogen (secondary N) is 2. The summed E-state index contributed by atoms with van der Waals surface area (Å²) in [6.45, 7) is 11.0. The standard InChI is InChI=1S/C35H51N3O7/c1-8-9-10-11-12-13-20-38(31(32(41)36-23-30(40)44-7)28-21-24(2)14-15-25(28)3)33(42)29(37-34(43)45-35(4,5)6)22-26-16-18-27(39)19-17-26/h14-19,21,29,31,39H,8-13,20,22-23H2,1-7H3,(H,36,41)(H,37,43). The van der Waals surface area contributed by atoms with Gasteiger partial charge in [-0.2, -0.15) is 0 Å². The van der Waals surface area contributed by atoms with Crippen LogP contribution < -0.4 is 10.6 Å². The number of aromatic hydroxyl groups is 1. The Balaban J connectivity index is 2.59. The third kappa shape index (κ3) is 12.8. The zero-order chi connectivity index (χ0) is 33.6. The van der Waals surface area contributed by atoms with Crippen LogP contribution in [0.5, 0.6) is 5.75 Å². The molecule has 0 aliphatic rings. The van der Waals surface area contributed by atoms with Gasteiger partial charge in [0.15, 0.2) is 0 Å². The van der Waals surface area contributed by atoms with Crippen molar-refractivity contribution in [2.24, 2.45) is 0 Å². The number of phenolic OH excluding ortho intramolecular Hbond substituents is 1. The fourth-order valence-electron chi connectivity index (χ4n) is 4.98. The molecule has 2 aromatic carbocycles. The normalized spacial score (nSPS) is 12.5. The minimum Gasteiger partial charge on any atom is -0.508 e. The molecule has 2 atom stereocenters. The van der Waals surface area contributed by atoms with Crippen LogP contribution in [0.2, 0.25) is 0 Å². The zero-order valence-corrected chi connectivity index (χ0v) is 27.9. The molecule has 0 bridgehead atoms. The SMILES string of the molecule is CCCCCCCCN(C(=O)C(Cc1ccc(O)cc1)NC(=O)OC(C)(C)C)C(C(=O)NCC(=O)OC)c1cc(C)ccc1C. The first kappa shape index (κ1) is 37.1. The Morgan fingerprint density at radius 3 is 2.20 bits per heavy atom. The van der Waals surface area contributed by atoms with Crippen LogP contribution >= 0.6 is 0 Å².